The van der Waals surface area contributed by atoms with Gasteiger partial charge in [0.2, 0.25) is 0 Å². The lowest BCUT2D eigenvalue weighted by Gasteiger charge is -2.11. The minimum Gasteiger partial charge on any atom is -0.376 e. The van der Waals surface area contributed by atoms with Crippen molar-refractivity contribution in [3.05, 3.63) is 36.3 Å². The maximum Gasteiger partial charge on any atom is 0.163 e. The monoisotopic (exact) mass is 270 g/mol. The van der Waals surface area contributed by atoms with E-state index in [-0.39, 0.29) is 5.60 Å². The fraction of sp³-hybridized carbons (Fsp3) is 0.400. The molecule has 0 saturated heterocycles. The Balaban J connectivity index is 1.85. The second-order valence-electron chi connectivity index (χ2n) is 5.38. The minimum atomic E-state index is -0.0761. The average molecular weight is 270 g/mol. The van der Waals surface area contributed by atoms with Crippen LogP contribution in [0.5, 0.6) is 0 Å². The van der Waals surface area contributed by atoms with Gasteiger partial charge in [-0.1, -0.05) is 0 Å². The molecular formula is C15H18N4O. The highest BCUT2D eigenvalue weighted by Crippen LogP contribution is 2.40. The Bertz CT molecular complexity index is 617. The van der Waals surface area contributed by atoms with E-state index < -0.39 is 0 Å². The Kier molecular flexibility index (Phi) is 3.14. The second kappa shape index (κ2) is 4.83. The average Bonchev–Trinajstić information content (AvgIpc) is 3.10. The molecule has 1 fully saturated rings. The zero-order valence-electron chi connectivity index (χ0n) is 11.9. The van der Waals surface area contributed by atoms with Crippen molar-refractivity contribution in [2.75, 3.05) is 12.4 Å². The van der Waals surface area contributed by atoms with Crippen molar-refractivity contribution in [3.63, 3.8) is 0 Å². The summed E-state index contributed by atoms with van der Waals surface area (Å²) in [6, 6.07) is 6.11. The number of hydrogen-bond donors (Lipinski definition) is 1. The van der Waals surface area contributed by atoms with Crippen LogP contribution in [0.1, 0.15) is 19.0 Å². The Labute approximate surface area is 118 Å². The van der Waals surface area contributed by atoms with Crippen LogP contribution in [0.15, 0.2) is 30.6 Å². The van der Waals surface area contributed by atoms with E-state index in [2.05, 4.69) is 27.2 Å². The first-order valence-corrected chi connectivity index (χ1v) is 6.68. The third-order valence-corrected chi connectivity index (χ3v) is 3.75. The highest BCUT2D eigenvalue weighted by atomic mass is 16.5. The van der Waals surface area contributed by atoms with Crippen molar-refractivity contribution in [2.24, 2.45) is 0 Å². The van der Waals surface area contributed by atoms with Gasteiger partial charge in [-0.2, -0.15) is 0 Å². The van der Waals surface area contributed by atoms with Crippen LogP contribution < -0.4 is 5.32 Å². The minimum absolute atomic E-state index is 0.0761. The molecule has 5 heteroatoms. The number of methoxy groups -OCH3 is 1. The molecular weight excluding hydrogens is 252 g/mol. The molecule has 0 unspecified atom stereocenters. The van der Waals surface area contributed by atoms with Gasteiger partial charge in [0.1, 0.15) is 5.82 Å². The smallest absolute Gasteiger partial charge is 0.163 e. The number of nitrogens with one attached hydrogen (secondary N) is 1. The molecule has 0 bridgehead atoms. The lowest BCUT2D eigenvalue weighted by Crippen LogP contribution is -2.19. The van der Waals surface area contributed by atoms with Crippen LogP contribution in [-0.4, -0.2) is 33.7 Å². The molecule has 0 aromatic carbocycles. The summed E-state index contributed by atoms with van der Waals surface area (Å²) in [6.45, 7) is 4.07. The second-order valence-corrected chi connectivity index (χ2v) is 5.38. The van der Waals surface area contributed by atoms with E-state index in [4.69, 9.17) is 4.74 Å². The predicted molar refractivity (Wildman–Crippen MR) is 77.4 cm³/mol. The third-order valence-electron chi connectivity index (χ3n) is 3.75. The summed E-state index contributed by atoms with van der Waals surface area (Å²) in [5.74, 6) is 1.53. The zero-order valence-corrected chi connectivity index (χ0v) is 11.9. The summed E-state index contributed by atoms with van der Waals surface area (Å²) in [6.07, 6.45) is 4.51. The summed E-state index contributed by atoms with van der Waals surface area (Å²) < 4.78 is 5.46. The van der Waals surface area contributed by atoms with Crippen LogP contribution in [0.4, 0.5) is 5.82 Å². The molecule has 2 heterocycles. The molecule has 1 N–H and O–H groups in total. The van der Waals surface area contributed by atoms with Crippen LogP contribution in [-0.2, 0) is 4.74 Å². The van der Waals surface area contributed by atoms with E-state index in [0.717, 1.165) is 23.5 Å². The normalized spacial score (nSPS) is 24.4. The SMILES string of the molecule is CO[C@@]1(C)C[C@H]1Nc1cc(C)nc(-c2cccnc2)n1. The van der Waals surface area contributed by atoms with Crippen molar-refractivity contribution >= 4 is 5.82 Å². The van der Waals surface area contributed by atoms with E-state index in [1.54, 1.807) is 19.5 Å². The topological polar surface area (TPSA) is 59.9 Å². The van der Waals surface area contributed by atoms with Gasteiger partial charge in [-0.05, 0) is 26.0 Å². The van der Waals surface area contributed by atoms with Crippen molar-refractivity contribution < 1.29 is 4.74 Å². The quantitative estimate of drug-likeness (QED) is 0.924. The molecule has 0 amide bonds. The van der Waals surface area contributed by atoms with Gasteiger partial charge in [0.05, 0.1) is 11.6 Å². The molecule has 1 saturated carbocycles. The number of ether oxygens (including phenoxy) is 1. The lowest BCUT2D eigenvalue weighted by atomic mass is 10.2. The van der Waals surface area contributed by atoms with E-state index in [1.807, 2.05) is 25.1 Å². The van der Waals surface area contributed by atoms with Gasteiger partial charge in [0, 0.05) is 43.2 Å². The maximum absolute atomic E-state index is 5.46. The van der Waals surface area contributed by atoms with Gasteiger partial charge < -0.3 is 10.1 Å². The van der Waals surface area contributed by atoms with Gasteiger partial charge >= 0.3 is 0 Å². The standard InChI is InChI=1S/C15H18N4O/c1-10-7-13(18-12-8-15(12,2)20-3)19-14(17-10)11-5-4-6-16-9-11/h4-7,9,12H,8H2,1-3H3,(H,17,18,19)/t12-,15+/m1/s1. The van der Waals surface area contributed by atoms with Crippen LogP contribution in [0.3, 0.4) is 0 Å². The fourth-order valence-corrected chi connectivity index (χ4v) is 2.22. The van der Waals surface area contributed by atoms with E-state index in [0.29, 0.717) is 11.9 Å². The Hall–Kier alpha value is -2.01. The number of hydrogen-bond acceptors (Lipinski definition) is 5. The Morgan fingerprint density at radius 2 is 2.25 bits per heavy atom. The van der Waals surface area contributed by atoms with Gasteiger partial charge in [-0.15, -0.1) is 0 Å². The van der Waals surface area contributed by atoms with Crippen LogP contribution >= 0.6 is 0 Å². The first-order chi connectivity index (χ1) is 9.60. The van der Waals surface area contributed by atoms with E-state index in [9.17, 15) is 0 Å². The molecule has 104 valence electrons. The number of rotatable bonds is 4. The molecule has 2 aromatic rings. The number of aryl methyl sites for hydroxylation is 1. The number of nitrogens with zero attached hydrogens (tertiary/aromatic N) is 3. The maximum atomic E-state index is 5.46. The van der Waals surface area contributed by atoms with Gasteiger partial charge in [-0.25, -0.2) is 9.97 Å². The summed E-state index contributed by atoms with van der Waals surface area (Å²) in [5, 5.41) is 3.41. The van der Waals surface area contributed by atoms with E-state index >= 15 is 0 Å². The lowest BCUT2D eigenvalue weighted by molar-refractivity contribution is 0.0936. The molecule has 1 aliphatic rings. The molecule has 1 aliphatic carbocycles. The van der Waals surface area contributed by atoms with Crippen LogP contribution in [0.2, 0.25) is 0 Å². The first kappa shape index (κ1) is 13.0. The molecule has 2 aromatic heterocycles. The molecule has 5 nitrogen and oxygen atoms in total. The van der Waals surface area contributed by atoms with Gasteiger partial charge in [0.25, 0.3) is 0 Å². The van der Waals surface area contributed by atoms with Crippen LogP contribution in [0, 0.1) is 6.92 Å². The van der Waals surface area contributed by atoms with Crippen molar-refractivity contribution in [2.45, 2.75) is 31.9 Å². The number of anilines is 1. The third kappa shape index (κ3) is 2.49. The largest absolute Gasteiger partial charge is 0.376 e. The Morgan fingerprint density at radius 3 is 2.90 bits per heavy atom. The molecule has 20 heavy (non-hydrogen) atoms. The molecule has 2 atom stereocenters. The van der Waals surface area contributed by atoms with Gasteiger partial charge in [0.15, 0.2) is 5.82 Å². The molecule has 0 radical (unpaired) electrons. The van der Waals surface area contributed by atoms with E-state index in [1.165, 1.54) is 0 Å². The molecule has 0 aliphatic heterocycles. The van der Waals surface area contributed by atoms with Crippen molar-refractivity contribution in [3.8, 4) is 11.4 Å². The number of aromatic nitrogens is 3. The Morgan fingerprint density at radius 1 is 1.40 bits per heavy atom. The first-order valence-electron chi connectivity index (χ1n) is 6.68. The van der Waals surface area contributed by atoms with Crippen molar-refractivity contribution in [1.82, 2.24) is 15.0 Å². The summed E-state index contributed by atoms with van der Waals surface area (Å²) in [7, 11) is 1.74. The molecule has 3 rings (SSSR count). The van der Waals surface area contributed by atoms with Gasteiger partial charge in [-0.3, -0.25) is 4.98 Å². The number of pyridine rings is 1. The highest BCUT2D eigenvalue weighted by Gasteiger charge is 2.51. The summed E-state index contributed by atoms with van der Waals surface area (Å²) in [4.78, 5) is 13.1. The zero-order chi connectivity index (χ0) is 14.2. The summed E-state index contributed by atoms with van der Waals surface area (Å²) in [5.41, 5.74) is 1.78. The highest BCUT2D eigenvalue weighted by molar-refractivity contribution is 5.56. The van der Waals surface area contributed by atoms with Crippen LogP contribution in [0.25, 0.3) is 11.4 Å². The molecule has 0 spiro atoms. The van der Waals surface area contributed by atoms with Crippen molar-refractivity contribution in [1.29, 1.82) is 0 Å². The fourth-order valence-electron chi connectivity index (χ4n) is 2.22. The summed E-state index contributed by atoms with van der Waals surface area (Å²) >= 11 is 0. The predicted octanol–water partition coefficient (Wildman–Crippen LogP) is 2.44.